The molecule has 1 aromatic heterocycles. The number of benzene rings is 3. The summed E-state index contributed by atoms with van der Waals surface area (Å²) in [5.41, 5.74) is 11.0. The maximum atomic E-state index is 12.7. The molecule has 3 aromatic carbocycles. The van der Waals surface area contributed by atoms with Gasteiger partial charge in [0.1, 0.15) is 6.10 Å². The second kappa shape index (κ2) is 8.40. The molecule has 1 heterocycles. The first kappa shape index (κ1) is 20.3. The highest BCUT2D eigenvalue weighted by atomic mass is 35.5. The number of para-hydroxylation sites is 1. The first-order valence-electron chi connectivity index (χ1n) is 9.70. The molecule has 1 atom stereocenters. The van der Waals surface area contributed by atoms with E-state index in [1.165, 1.54) is 0 Å². The van der Waals surface area contributed by atoms with Gasteiger partial charge in [-0.15, -0.1) is 5.59 Å². The van der Waals surface area contributed by atoms with Crippen molar-refractivity contribution in [3.8, 4) is 0 Å². The normalized spacial score (nSPS) is 12.3. The zero-order valence-electron chi connectivity index (χ0n) is 17.0. The maximum Gasteiger partial charge on any atom is 0.193 e. The first-order valence-corrected chi connectivity index (χ1v) is 10.1. The number of fused-ring (bicyclic) bond motifs is 2. The van der Waals surface area contributed by atoms with Crippen LogP contribution in [0.2, 0.25) is 5.02 Å². The van der Waals surface area contributed by atoms with E-state index < -0.39 is 6.10 Å². The minimum absolute atomic E-state index is 0.135. The van der Waals surface area contributed by atoms with Crippen molar-refractivity contribution < 1.29 is 9.63 Å². The van der Waals surface area contributed by atoms with E-state index in [4.69, 9.17) is 21.4 Å². The van der Waals surface area contributed by atoms with Crippen molar-refractivity contribution in [3.05, 3.63) is 82.4 Å². The van der Waals surface area contributed by atoms with Gasteiger partial charge in [-0.2, -0.15) is 0 Å². The Morgan fingerprint density at radius 3 is 2.57 bits per heavy atom. The van der Waals surface area contributed by atoms with E-state index in [9.17, 15) is 4.79 Å². The molecule has 4 rings (SSSR count). The molecule has 0 spiro atoms. The minimum atomic E-state index is -0.695. The third-order valence-corrected chi connectivity index (χ3v) is 5.48. The molecule has 1 unspecified atom stereocenters. The lowest BCUT2D eigenvalue weighted by Crippen LogP contribution is -2.32. The molecule has 0 saturated carbocycles. The number of Topliss-reactive ketones (excluding diaryl/α,β-unsaturated/α-hetero) is 1. The minimum Gasteiger partial charge on any atom is -0.297 e. The van der Waals surface area contributed by atoms with Gasteiger partial charge in [-0.05, 0) is 62.2 Å². The maximum absolute atomic E-state index is 12.7. The number of carbonyl (C=O) groups is 1. The fourth-order valence-electron chi connectivity index (χ4n) is 3.39. The number of carbonyl (C=O) groups excluding carboxylic acids is 1. The van der Waals surface area contributed by atoms with Crippen LogP contribution in [-0.4, -0.2) is 16.9 Å². The number of aryl methyl sites for hydroxylation is 2. The Hall–Kier alpha value is -2.99. The summed E-state index contributed by atoms with van der Waals surface area (Å²) in [5.74, 6) is -0.135. The second-order valence-corrected chi connectivity index (χ2v) is 7.75. The van der Waals surface area contributed by atoms with Gasteiger partial charge < -0.3 is 0 Å². The molecular weight excluding hydrogens is 398 g/mol. The second-order valence-electron chi connectivity index (χ2n) is 7.34. The molecule has 0 bridgehead atoms. The van der Waals surface area contributed by atoms with E-state index in [0.29, 0.717) is 10.6 Å². The number of pyridine rings is 1. The molecule has 0 saturated heterocycles. The quantitative estimate of drug-likeness (QED) is 0.236. The van der Waals surface area contributed by atoms with Crippen LogP contribution in [0.3, 0.4) is 0 Å². The highest BCUT2D eigenvalue weighted by Crippen LogP contribution is 2.30. The van der Waals surface area contributed by atoms with Crippen LogP contribution in [0.25, 0.3) is 21.8 Å². The number of anilines is 1. The lowest BCUT2D eigenvalue weighted by molar-refractivity contribution is 0.00520. The molecule has 152 valence electrons. The molecule has 0 aliphatic heterocycles. The van der Waals surface area contributed by atoms with Gasteiger partial charge in [0.2, 0.25) is 0 Å². The van der Waals surface area contributed by atoms with Crippen LogP contribution in [0.4, 0.5) is 5.69 Å². The van der Waals surface area contributed by atoms with Gasteiger partial charge in [-0.3, -0.25) is 15.1 Å². The summed E-state index contributed by atoms with van der Waals surface area (Å²) in [7, 11) is 0. The van der Waals surface area contributed by atoms with Gasteiger partial charge in [0.05, 0.1) is 16.7 Å². The smallest absolute Gasteiger partial charge is 0.193 e. The fourth-order valence-corrected chi connectivity index (χ4v) is 3.51. The van der Waals surface area contributed by atoms with E-state index >= 15 is 0 Å². The van der Waals surface area contributed by atoms with Crippen LogP contribution < -0.4 is 11.0 Å². The number of ketones is 1. The average Bonchev–Trinajstić information content (AvgIpc) is 2.74. The Bertz CT molecular complexity index is 1260. The number of hydrazine groups is 1. The summed E-state index contributed by atoms with van der Waals surface area (Å²) < 4.78 is 0. The van der Waals surface area contributed by atoms with Crippen LogP contribution in [0.1, 0.15) is 28.4 Å². The molecule has 0 aliphatic rings. The lowest BCUT2D eigenvalue weighted by atomic mass is 10.1. The third kappa shape index (κ3) is 4.00. The van der Waals surface area contributed by atoms with Crippen LogP contribution in [-0.2, 0) is 4.84 Å². The third-order valence-electron chi connectivity index (χ3n) is 5.06. The summed E-state index contributed by atoms with van der Waals surface area (Å²) in [6, 6.07) is 19.2. The van der Waals surface area contributed by atoms with E-state index in [1.54, 1.807) is 25.1 Å². The fraction of sp³-hybridized carbons (Fsp3) is 0.167. The van der Waals surface area contributed by atoms with E-state index in [0.717, 1.165) is 38.6 Å². The lowest BCUT2D eigenvalue weighted by Gasteiger charge is -2.17. The molecule has 30 heavy (non-hydrogen) atoms. The Morgan fingerprint density at radius 2 is 1.77 bits per heavy atom. The number of aromatic nitrogens is 1. The van der Waals surface area contributed by atoms with Crippen molar-refractivity contribution >= 4 is 44.9 Å². The van der Waals surface area contributed by atoms with Gasteiger partial charge in [0.15, 0.2) is 5.78 Å². The first-order chi connectivity index (χ1) is 14.4. The number of hydrogen-bond acceptors (Lipinski definition) is 5. The predicted molar refractivity (Wildman–Crippen MR) is 122 cm³/mol. The molecule has 4 aromatic rings. The molecule has 0 radical (unpaired) electrons. The molecule has 6 heteroatoms. The molecule has 5 nitrogen and oxygen atoms in total. The molecule has 0 amide bonds. The molecule has 2 N–H and O–H groups in total. The van der Waals surface area contributed by atoms with E-state index in [1.807, 2.05) is 56.3 Å². The number of halogens is 1. The summed E-state index contributed by atoms with van der Waals surface area (Å²) >= 11 is 6.05. The Morgan fingerprint density at radius 1 is 1.00 bits per heavy atom. The SMILES string of the molecule is Cc1ccc2c(NNOC(C)C(=O)c3ccc(Cl)c(C)c3)c3ccccc3nc2c1. The van der Waals surface area contributed by atoms with Crippen molar-refractivity contribution in [1.82, 2.24) is 10.6 Å². The van der Waals surface area contributed by atoms with Gasteiger partial charge >= 0.3 is 0 Å². The Balaban J connectivity index is 1.55. The summed E-state index contributed by atoms with van der Waals surface area (Å²) in [5, 5.41) is 2.55. The van der Waals surface area contributed by atoms with Gasteiger partial charge in [0.25, 0.3) is 0 Å². The summed E-state index contributed by atoms with van der Waals surface area (Å²) in [6.45, 7) is 5.61. The monoisotopic (exact) mass is 419 g/mol. The van der Waals surface area contributed by atoms with E-state index in [2.05, 4.69) is 11.0 Å². The van der Waals surface area contributed by atoms with Gasteiger partial charge in [-0.25, -0.2) is 4.98 Å². The van der Waals surface area contributed by atoms with E-state index in [-0.39, 0.29) is 5.78 Å². The Kier molecular flexibility index (Phi) is 5.68. The summed E-state index contributed by atoms with van der Waals surface area (Å²) in [4.78, 5) is 23.0. The average molecular weight is 420 g/mol. The zero-order chi connectivity index (χ0) is 21.3. The van der Waals surface area contributed by atoms with Crippen LogP contribution in [0.15, 0.2) is 60.7 Å². The predicted octanol–water partition coefficient (Wildman–Crippen LogP) is 5.78. The van der Waals surface area contributed by atoms with Crippen molar-refractivity contribution in [2.75, 3.05) is 5.43 Å². The number of hydrogen-bond donors (Lipinski definition) is 2. The number of rotatable bonds is 6. The zero-order valence-corrected chi connectivity index (χ0v) is 17.7. The van der Waals surface area contributed by atoms with Crippen LogP contribution in [0, 0.1) is 13.8 Å². The van der Waals surface area contributed by atoms with Gasteiger partial charge in [-0.1, -0.05) is 41.9 Å². The number of nitrogens with one attached hydrogen (secondary N) is 2. The van der Waals surface area contributed by atoms with Crippen molar-refractivity contribution in [3.63, 3.8) is 0 Å². The highest BCUT2D eigenvalue weighted by Gasteiger charge is 2.17. The summed E-state index contributed by atoms with van der Waals surface area (Å²) in [6.07, 6.45) is -0.695. The largest absolute Gasteiger partial charge is 0.297 e. The number of nitrogens with zero attached hydrogens (tertiary/aromatic N) is 1. The van der Waals surface area contributed by atoms with Crippen LogP contribution in [0.5, 0.6) is 0 Å². The van der Waals surface area contributed by atoms with Crippen LogP contribution >= 0.6 is 11.6 Å². The molecule has 0 aliphatic carbocycles. The highest BCUT2D eigenvalue weighted by molar-refractivity contribution is 6.31. The standard InChI is InChI=1S/C24H22ClN3O2/c1-14-8-10-19-22(12-14)26-21-7-5-4-6-18(21)23(19)27-28-30-16(3)24(29)17-9-11-20(25)15(2)13-17/h4-13,16,28H,1-3H3,(H,26,27). The van der Waals surface area contributed by atoms with Crippen molar-refractivity contribution in [1.29, 1.82) is 0 Å². The Labute approximate surface area is 179 Å². The van der Waals surface area contributed by atoms with Gasteiger partial charge in [0, 0.05) is 21.4 Å². The topological polar surface area (TPSA) is 63.2 Å². The molecule has 0 fully saturated rings. The van der Waals surface area contributed by atoms with Crippen molar-refractivity contribution in [2.24, 2.45) is 0 Å². The van der Waals surface area contributed by atoms with Crippen molar-refractivity contribution in [2.45, 2.75) is 26.9 Å². The molecular formula is C24H22ClN3O2.